The van der Waals surface area contributed by atoms with Crippen LogP contribution >= 0.6 is 38.9 Å². The van der Waals surface area contributed by atoms with Crippen molar-refractivity contribution in [2.75, 3.05) is 0 Å². The molecule has 0 N–H and O–H groups in total. The molecule has 0 bridgehead atoms. The quantitative estimate of drug-likeness (QED) is 0.553. The van der Waals surface area contributed by atoms with Gasteiger partial charge in [-0.1, -0.05) is 41.9 Å². The minimum Gasteiger partial charge on any atom is -0.227 e. The summed E-state index contributed by atoms with van der Waals surface area (Å²) in [5, 5.41) is 0.498. The molecule has 2 aromatic heterocycles. The number of thiophene rings is 1. The van der Waals surface area contributed by atoms with Gasteiger partial charge in [-0.25, -0.2) is 9.97 Å². The van der Waals surface area contributed by atoms with Gasteiger partial charge in [-0.15, -0.1) is 11.3 Å². The average molecular weight is 366 g/mol. The second-order valence-corrected chi connectivity index (χ2v) is 7.10. The van der Waals surface area contributed by atoms with Gasteiger partial charge in [0.15, 0.2) is 5.82 Å². The molecule has 20 heavy (non-hydrogen) atoms. The van der Waals surface area contributed by atoms with Crippen LogP contribution in [-0.2, 0) is 0 Å². The maximum atomic E-state index is 6.27. The number of rotatable bonds is 2. The van der Waals surface area contributed by atoms with Crippen molar-refractivity contribution in [1.82, 2.24) is 9.97 Å². The highest BCUT2D eigenvalue weighted by atomic mass is 79.9. The SMILES string of the molecule is Cc1c(Cl)nc(-c2ccc(Br)s2)nc1-c1ccccc1. The Morgan fingerprint density at radius 2 is 1.80 bits per heavy atom. The Bertz CT molecular complexity index is 756. The molecule has 0 aliphatic carbocycles. The van der Waals surface area contributed by atoms with E-state index in [9.17, 15) is 0 Å². The smallest absolute Gasteiger partial charge is 0.171 e. The number of halogens is 2. The average Bonchev–Trinajstić information content (AvgIpc) is 2.89. The summed E-state index contributed by atoms with van der Waals surface area (Å²) in [6.07, 6.45) is 0. The second-order valence-electron chi connectivity index (χ2n) is 4.28. The molecule has 0 fully saturated rings. The Morgan fingerprint density at radius 1 is 1.05 bits per heavy atom. The van der Waals surface area contributed by atoms with Gasteiger partial charge >= 0.3 is 0 Å². The van der Waals surface area contributed by atoms with Gasteiger partial charge in [0.1, 0.15) is 5.15 Å². The molecule has 3 rings (SSSR count). The lowest BCUT2D eigenvalue weighted by molar-refractivity contribution is 1.15. The maximum Gasteiger partial charge on any atom is 0.171 e. The maximum absolute atomic E-state index is 6.27. The molecular formula is C15H10BrClN2S. The van der Waals surface area contributed by atoms with Crippen LogP contribution in [0.5, 0.6) is 0 Å². The third-order valence-corrected chi connectivity index (χ3v) is 4.91. The van der Waals surface area contributed by atoms with E-state index in [1.54, 1.807) is 11.3 Å². The van der Waals surface area contributed by atoms with Crippen LogP contribution in [0.15, 0.2) is 46.3 Å². The predicted molar refractivity (Wildman–Crippen MR) is 88.2 cm³/mol. The molecule has 0 spiro atoms. The Balaban J connectivity index is 2.18. The van der Waals surface area contributed by atoms with Crippen LogP contribution in [0.2, 0.25) is 5.15 Å². The fourth-order valence-corrected chi connectivity index (χ4v) is 3.40. The first-order valence-electron chi connectivity index (χ1n) is 6.00. The predicted octanol–water partition coefficient (Wildman–Crippen LogP) is 5.60. The fourth-order valence-electron chi connectivity index (χ4n) is 1.91. The second kappa shape index (κ2) is 5.64. The van der Waals surface area contributed by atoms with Crippen molar-refractivity contribution in [2.45, 2.75) is 6.92 Å². The van der Waals surface area contributed by atoms with Gasteiger partial charge in [0.25, 0.3) is 0 Å². The molecule has 3 aromatic rings. The largest absolute Gasteiger partial charge is 0.227 e. The van der Waals surface area contributed by atoms with E-state index in [0.29, 0.717) is 11.0 Å². The van der Waals surface area contributed by atoms with E-state index in [2.05, 4.69) is 25.9 Å². The lowest BCUT2D eigenvalue weighted by atomic mass is 10.1. The summed E-state index contributed by atoms with van der Waals surface area (Å²) in [4.78, 5) is 10.1. The van der Waals surface area contributed by atoms with Gasteiger partial charge in [0.05, 0.1) is 14.4 Å². The molecule has 0 aliphatic heterocycles. The Morgan fingerprint density at radius 3 is 2.45 bits per heavy atom. The van der Waals surface area contributed by atoms with Gasteiger partial charge in [-0.2, -0.15) is 0 Å². The molecule has 0 unspecified atom stereocenters. The molecule has 100 valence electrons. The van der Waals surface area contributed by atoms with Crippen molar-refractivity contribution in [3.63, 3.8) is 0 Å². The normalized spacial score (nSPS) is 10.8. The lowest BCUT2D eigenvalue weighted by Gasteiger charge is -2.08. The lowest BCUT2D eigenvalue weighted by Crippen LogP contribution is -1.96. The summed E-state index contributed by atoms with van der Waals surface area (Å²) in [7, 11) is 0. The molecule has 0 atom stereocenters. The fraction of sp³-hybridized carbons (Fsp3) is 0.0667. The monoisotopic (exact) mass is 364 g/mol. The number of benzene rings is 1. The van der Waals surface area contributed by atoms with E-state index >= 15 is 0 Å². The highest BCUT2D eigenvalue weighted by molar-refractivity contribution is 9.11. The number of hydrogen-bond donors (Lipinski definition) is 0. The van der Waals surface area contributed by atoms with Gasteiger partial charge in [0.2, 0.25) is 0 Å². The van der Waals surface area contributed by atoms with Crippen molar-refractivity contribution >= 4 is 38.9 Å². The van der Waals surface area contributed by atoms with Gasteiger partial charge in [0, 0.05) is 11.1 Å². The molecule has 2 nitrogen and oxygen atoms in total. The number of hydrogen-bond acceptors (Lipinski definition) is 3. The number of nitrogens with zero attached hydrogens (tertiary/aromatic N) is 2. The van der Waals surface area contributed by atoms with E-state index in [0.717, 1.165) is 25.5 Å². The van der Waals surface area contributed by atoms with E-state index in [1.165, 1.54) is 0 Å². The molecule has 0 aliphatic rings. The van der Waals surface area contributed by atoms with E-state index in [-0.39, 0.29) is 0 Å². The minimum atomic E-state index is 0.498. The molecule has 1 aromatic carbocycles. The summed E-state index contributed by atoms with van der Waals surface area (Å²) in [5.41, 5.74) is 2.83. The van der Waals surface area contributed by atoms with E-state index < -0.39 is 0 Å². The van der Waals surface area contributed by atoms with Crippen LogP contribution in [0.1, 0.15) is 5.56 Å². The molecule has 0 amide bonds. The van der Waals surface area contributed by atoms with Crippen molar-refractivity contribution in [1.29, 1.82) is 0 Å². The Labute approximate surface area is 134 Å². The van der Waals surface area contributed by atoms with Crippen LogP contribution in [0.4, 0.5) is 0 Å². The van der Waals surface area contributed by atoms with Crippen LogP contribution in [0.3, 0.4) is 0 Å². The van der Waals surface area contributed by atoms with Gasteiger partial charge in [-0.05, 0) is 35.0 Å². The minimum absolute atomic E-state index is 0.498. The number of aromatic nitrogens is 2. The Hall–Kier alpha value is -1.23. The van der Waals surface area contributed by atoms with Crippen molar-refractivity contribution in [3.8, 4) is 22.0 Å². The van der Waals surface area contributed by atoms with Gasteiger partial charge in [-0.3, -0.25) is 0 Å². The molecule has 2 heterocycles. The zero-order chi connectivity index (χ0) is 14.1. The highest BCUT2D eigenvalue weighted by Crippen LogP contribution is 2.33. The van der Waals surface area contributed by atoms with Crippen LogP contribution in [-0.4, -0.2) is 9.97 Å². The standard InChI is InChI=1S/C15H10BrClN2S/c1-9-13(10-5-3-2-4-6-10)18-15(19-14(9)17)11-7-8-12(16)20-11/h2-8H,1H3. The highest BCUT2D eigenvalue weighted by Gasteiger charge is 2.13. The van der Waals surface area contributed by atoms with E-state index in [1.807, 2.05) is 49.4 Å². The zero-order valence-electron chi connectivity index (χ0n) is 10.6. The first kappa shape index (κ1) is 13.7. The van der Waals surface area contributed by atoms with E-state index in [4.69, 9.17) is 11.6 Å². The zero-order valence-corrected chi connectivity index (χ0v) is 13.8. The van der Waals surface area contributed by atoms with Crippen LogP contribution in [0.25, 0.3) is 22.0 Å². The molecular weight excluding hydrogens is 356 g/mol. The first-order chi connectivity index (χ1) is 9.65. The van der Waals surface area contributed by atoms with Gasteiger partial charge < -0.3 is 0 Å². The first-order valence-corrected chi connectivity index (χ1v) is 7.99. The van der Waals surface area contributed by atoms with Crippen LogP contribution < -0.4 is 0 Å². The molecule has 0 saturated heterocycles. The topological polar surface area (TPSA) is 25.8 Å². The molecule has 5 heteroatoms. The summed E-state index contributed by atoms with van der Waals surface area (Å²) in [6, 6.07) is 14.0. The third kappa shape index (κ3) is 2.64. The van der Waals surface area contributed by atoms with Crippen molar-refractivity contribution < 1.29 is 0 Å². The summed E-state index contributed by atoms with van der Waals surface area (Å²) >= 11 is 11.3. The van der Waals surface area contributed by atoms with Crippen molar-refractivity contribution in [2.24, 2.45) is 0 Å². The third-order valence-electron chi connectivity index (χ3n) is 2.93. The molecule has 0 radical (unpaired) electrons. The van der Waals surface area contributed by atoms with Crippen molar-refractivity contribution in [3.05, 3.63) is 57.0 Å². The Kier molecular flexibility index (Phi) is 3.87. The summed E-state index contributed by atoms with van der Waals surface area (Å²) in [6.45, 7) is 1.94. The summed E-state index contributed by atoms with van der Waals surface area (Å²) < 4.78 is 1.05. The molecule has 0 saturated carbocycles. The van der Waals surface area contributed by atoms with Crippen LogP contribution in [0, 0.1) is 6.92 Å². The summed E-state index contributed by atoms with van der Waals surface area (Å²) in [5.74, 6) is 0.662.